The van der Waals surface area contributed by atoms with E-state index in [1.807, 2.05) is 6.92 Å². The highest BCUT2D eigenvalue weighted by Gasteiger charge is 2.14. The largest absolute Gasteiger partial charge is 0.296 e. The fourth-order valence-electron chi connectivity index (χ4n) is 1.97. The third-order valence-corrected chi connectivity index (χ3v) is 4.21. The van der Waals surface area contributed by atoms with Crippen LogP contribution in [0.5, 0.6) is 0 Å². The second-order valence-corrected chi connectivity index (χ2v) is 5.66. The van der Waals surface area contributed by atoms with Gasteiger partial charge in [0.15, 0.2) is 10.8 Å². The van der Waals surface area contributed by atoms with Gasteiger partial charge in [0.05, 0.1) is 5.69 Å². The number of hydrogen-bond acceptors (Lipinski definition) is 4. The number of carbonyl (C=O) groups excluding carboxylic acids is 1. The standard InChI is InChI=1S/C14H20N4OS/c1-4-7-10-12(6-3)20-14(15-10)16-13(19)11-8-9(5-2)17-18-11/h8H,4-7H2,1-3H3,(H,17,18)(H,15,16,19). The molecule has 0 unspecified atom stereocenters. The number of aromatic nitrogens is 3. The maximum absolute atomic E-state index is 12.1. The fraction of sp³-hybridized carbons (Fsp3) is 0.500. The SMILES string of the molecule is CCCc1nc(NC(=O)c2cc(CC)[nH]n2)sc1CC. The summed E-state index contributed by atoms with van der Waals surface area (Å²) in [6, 6.07) is 1.77. The van der Waals surface area contributed by atoms with Gasteiger partial charge in [-0.2, -0.15) is 5.10 Å². The van der Waals surface area contributed by atoms with Crippen molar-refractivity contribution >= 4 is 22.4 Å². The first-order valence-electron chi connectivity index (χ1n) is 7.02. The molecule has 0 atom stereocenters. The van der Waals surface area contributed by atoms with Crippen molar-refractivity contribution in [2.45, 2.75) is 46.5 Å². The summed E-state index contributed by atoms with van der Waals surface area (Å²) < 4.78 is 0. The lowest BCUT2D eigenvalue weighted by Gasteiger charge is -1.96. The molecule has 0 aromatic carbocycles. The van der Waals surface area contributed by atoms with E-state index in [0.29, 0.717) is 10.8 Å². The van der Waals surface area contributed by atoms with Crippen molar-refractivity contribution < 1.29 is 4.79 Å². The summed E-state index contributed by atoms with van der Waals surface area (Å²) in [7, 11) is 0. The van der Waals surface area contributed by atoms with Gasteiger partial charge in [0.25, 0.3) is 5.91 Å². The lowest BCUT2D eigenvalue weighted by molar-refractivity contribution is 0.102. The van der Waals surface area contributed by atoms with Gasteiger partial charge in [-0.15, -0.1) is 11.3 Å². The minimum atomic E-state index is -0.208. The van der Waals surface area contributed by atoms with Crippen LogP contribution < -0.4 is 5.32 Å². The predicted molar refractivity (Wildman–Crippen MR) is 81.4 cm³/mol. The maximum atomic E-state index is 12.1. The van der Waals surface area contributed by atoms with Crippen molar-refractivity contribution in [1.29, 1.82) is 0 Å². The van der Waals surface area contributed by atoms with Gasteiger partial charge >= 0.3 is 0 Å². The zero-order valence-electron chi connectivity index (χ0n) is 12.1. The molecular formula is C14H20N4OS. The Hall–Kier alpha value is -1.69. The van der Waals surface area contributed by atoms with Crippen molar-refractivity contribution in [2.24, 2.45) is 0 Å². The van der Waals surface area contributed by atoms with E-state index >= 15 is 0 Å². The second kappa shape index (κ2) is 6.65. The van der Waals surface area contributed by atoms with E-state index in [1.165, 1.54) is 4.88 Å². The minimum Gasteiger partial charge on any atom is -0.296 e. The number of aromatic amines is 1. The van der Waals surface area contributed by atoms with Crippen LogP contribution in [0.15, 0.2) is 6.07 Å². The second-order valence-electron chi connectivity index (χ2n) is 4.58. The number of nitrogens with zero attached hydrogens (tertiary/aromatic N) is 2. The summed E-state index contributed by atoms with van der Waals surface area (Å²) in [6.45, 7) is 6.26. The Morgan fingerprint density at radius 2 is 2.15 bits per heavy atom. The molecule has 0 aliphatic rings. The molecule has 2 aromatic heterocycles. The molecular weight excluding hydrogens is 272 g/mol. The molecule has 0 fully saturated rings. The molecule has 0 saturated carbocycles. The van der Waals surface area contributed by atoms with Gasteiger partial charge in [-0.05, 0) is 25.3 Å². The van der Waals surface area contributed by atoms with Crippen LogP contribution >= 0.6 is 11.3 Å². The zero-order valence-corrected chi connectivity index (χ0v) is 12.9. The number of H-pyrrole nitrogens is 1. The summed E-state index contributed by atoms with van der Waals surface area (Å²) >= 11 is 1.55. The van der Waals surface area contributed by atoms with E-state index in [9.17, 15) is 4.79 Å². The predicted octanol–water partition coefficient (Wildman–Crippen LogP) is 3.20. The van der Waals surface area contributed by atoms with E-state index in [4.69, 9.17) is 0 Å². The average Bonchev–Trinajstić information content (AvgIpc) is 3.05. The molecule has 108 valence electrons. The molecule has 2 aromatic rings. The normalized spacial score (nSPS) is 10.8. The number of carbonyl (C=O) groups is 1. The maximum Gasteiger partial charge on any atom is 0.277 e. The molecule has 5 nitrogen and oxygen atoms in total. The van der Waals surface area contributed by atoms with Crippen LogP contribution in [0.2, 0.25) is 0 Å². The molecule has 1 amide bonds. The minimum absolute atomic E-state index is 0.208. The number of aryl methyl sites for hydroxylation is 3. The molecule has 0 radical (unpaired) electrons. The fourth-order valence-corrected chi connectivity index (χ4v) is 2.91. The Morgan fingerprint density at radius 1 is 1.35 bits per heavy atom. The van der Waals surface area contributed by atoms with E-state index in [1.54, 1.807) is 17.4 Å². The van der Waals surface area contributed by atoms with Crippen molar-refractivity contribution in [3.05, 3.63) is 28.0 Å². The molecule has 6 heteroatoms. The topological polar surface area (TPSA) is 70.7 Å². The first-order valence-corrected chi connectivity index (χ1v) is 7.83. The highest BCUT2D eigenvalue weighted by molar-refractivity contribution is 7.15. The first-order chi connectivity index (χ1) is 9.67. The summed E-state index contributed by atoms with van der Waals surface area (Å²) in [5.41, 5.74) is 2.47. The lowest BCUT2D eigenvalue weighted by atomic mass is 10.2. The Balaban J connectivity index is 2.11. The van der Waals surface area contributed by atoms with Gasteiger partial charge in [-0.25, -0.2) is 4.98 Å². The Bertz CT molecular complexity index is 588. The number of hydrogen-bond donors (Lipinski definition) is 2. The summed E-state index contributed by atoms with van der Waals surface area (Å²) in [5, 5.41) is 10.3. The number of rotatable bonds is 6. The van der Waals surface area contributed by atoms with Crippen LogP contribution in [0.3, 0.4) is 0 Å². The van der Waals surface area contributed by atoms with E-state index < -0.39 is 0 Å². The summed E-state index contributed by atoms with van der Waals surface area (Å²) in [5.74, 6) is -0.208. The number of anilines is 1. The van der Waals surface area contributed by atoms with Gasteiger partial charge in [-0.3, -0.25) is 15.2 Å². The van der Waals surface area contributed by atoms with Crippen LogP contribution in [0.4, 0.5) is 5.13 Å². The average molecular weight is 292 g/mol. The molecule has 0 spiro atoms. The Labute approximate surface area is 122 Å². The smallest absolute Gasteiger partial charge is 0.277 e. The van der Waals surface area contributed by atoms with Crippen LogP contribution in [0.1, 0.15) is 53.9 Å². The highest BCUT2D eigenvalue weighted by atomic mass is 32.1. The van der Waals surface area contributed by atoms with Crippen molar-refractivity contribution in [2.75, 3.05) is 5.32 Å². The summed E-state index contributed by atoms with van der Waals surface area (Å²) in [4.78, 5) is 17.8. The van der Waals surface area contributed by atoms with E-state index in [-0.39, 0.29) is 5.91 Å². The van der Waals surface area contributed by atoms with Crippen LogP contribution in [-0.2, 0) is 19.3 Å². The number of thiazole rings is 1. The van der Waals surface area contributed by atoms with Crippen molar-refractivity contribution in [1.82, 2.24) is 15.2 Å². The molecule has 2 rings (SSSR count). The van der Waals surface area contributed by atoms with Gasteiger partial charge in [0, 0.05) is 10.6 Å². The number of amides is 1. The van der Waals surface area contributed by atoms with Crippen molar-refractivity contribution in [3.63, 3.8) is 0 Å². The van der Waals surface area contributed by atoms with E-state index in [0.717, 1.165) is 37.1 Å². The highest BCUT2D eigenvalue weighted by Crippen LogP contribution is 2.25. The van der Waals surface area contributed by atoms with Crippen molar-refractivity contribution in [3.8, 4) is 0 Å². The molecule has 0 aliphatic heterocycles. The van der Waals surface area contributed by atoms with Gasteiger partial charge in [0.1, 0.15) is 0 Å². The third kappa shape index (κ3) is 3.25. The number of nitrogens with one attached hydrogen (secondary N) is 2. The molecule has 0 aliphatic carbocycles. The van der Waals surface area contributed by atoms with Crippen LogP contribution in [-0.4, -0.2) is 21.1 Å². The Kier molecular flexibility index (Phi) is 4.89. The van der Waals surface area contributed by atoms with Gasteiger partial charge < -0.3 is 0 Å². The molecule has 0 bridgehead atoms. The molecule has 0 saturated heterocycles. The van der Waals surface area contributed by atoms with Crippen LogP contribution in [0, 0.1) is 0 Å². The monoisotopic (exact) mass is 292 g/mol. The first kappa shape index (κ1) is 14.7. The van der Waals surface area contributed by atoms with E-state index in [2.05, 4.69) is 34.3 Å². The summed E-state index contributed by atoms with van der Waals surface area (Å²) in [6.07, 6.45) is 3.80. The van der Waals surface area contributed by atoms with Gasteiger partial charge in [-0.1, -0.05) is 27.2 Å². The molecule has 2 N–H and O–H groups in total. The zero-order chi connectivity index (χ0) is 14.5. The molecule has 2 heterocycles. The third-order valence-electron chi connectivity index (χ3n) is 3.05. The molecule has 20 heavy (non-hydrogen) atoms. The quantitative estimate of drug-likeness (QED) is 0.859. The lowest BCUT2D eigenvalue weighted by Crippen LogP contribution is -2.12. The van der Waals surface area contributed by atoms with Crippen LogP contribution in [0.25, 0.3) is 0 Å². The Morgan fingerprint density at radius 3 is 2.75 bits per heavy atom. The van der Waals surface area contributed by atoms with Gasteiger partial charge in [0.2, 0.25) is 0 Å².